The van der Waals surface area contributed by atoms with Gasteiger partial charge in [-0.2, -0.15) is 0 Å². The molecule has 2 fully saturated rings. The van der Waals surface area contributed by atoms with Gasteiger partial charge in [0.05, 0.1) is 46.3 Å². The van der Waals surface area contributed by atoms with Crippen LogP contribution in [0, 0.1) is 0 Å². The van der Waals surface area contributed by atoms with Crippen molar-refractivity contribution in [1.82, 2.24) is 45.3 Å². The molecular weight excluding hydrogens is 1280 g/mol. The molecule has 0 aliphatic carbocycles. The third-order valence-corrected chi connectivity index (χ3v) is 14.9. The molecule has 374 valence electrons. The third-order valence-electron chi connectivity index (χ3n) is 10.8. The first-order chi connectivity index (χ1) is 32.3. The summed E-state index contributed by atoms with van der Waals surface area (Å²) in [5.41, 5.74) is 13.3. The number of aldehydes is 1. The molecule has 68 heavy (non-hydrogen) atoms. The van der Waals surface area contributed by atoms with Gasteiger partial charge in [0.25, 0.3) is 0 Å². The van der Waals surface area contributed by atoms with E-state index in [-0.39, 0.29) is 77.1 Å². The minimum absolute atomic E-state index is 0. The Bertz CT molecular complexity index is 1840. The number of carboxylic acid groups (broad SMARTS) is 2. The number of hydrogen-bond donors (Lipinski definition) is 7. The van der Waals surface area contributed by atoms with Gasteiger partial charge in [-0.3, -0.25) is 34.0 Å². The molecule has 0 saturated carbocycles. The van der Waals surface area contributed by atoms with Crippen molar-refractivity contribution >= 4 is 97.2 Å². The molecule has 20 nitrogen and oxygen atoms in total. The fourth-order valence-corrected chi connectivity index (χ4v) is 13.1. The molecule has 2 aromatic rings. The number of amides is 3. The Kier molecular flexibility index (Phi) is 31.1. The van der Waals surface area contributed by atoms with E-state index in [1.165, 1.54) is 5.56 Å². The second kappa shape index (κ2) is 34.9. The van der Waals surface area contributed by atoms with E-state index in [0.717, 1.165) is 110 Å². The molecule has 3 amide bonds. The van der Waals surface area contributed by atoms with Crippen molar-refractivity contribution in [3.05, 3.63) is 77.6 Å². The van der Waals surface area contributed by atoms with Gasteiger partial charge in [-0.1, -0.05) is 56.3 Å². The van der Waals surface area contributed by atoms with Crippen LogP contribution in [0.4, 0.5) is 0 Å². The first-order valence-corrected chi connectivity index (χ1v) is 28.4. The van der Waals surface area contributed by atoms with Crippen LogP contribution in [-0.4, -0.2) is 227 Å². The first kappa shape index (κ1) is 60.8. The number of carboxylic acids is 2. The molecule has 4 unspecified atom stereocenters. The molecule has 4 atom stereocenters. The van der Waals surface area contributed by atoms with Crippen molar-refractivity contribution in [2.45, 2.75) is 70.4 Å². The number of benzene rings is 2. The van der Waals surface area contributed by atoms with Crippen molar-refractivity contribution in [1.29, 1.82) is 0 Å². The molecule has 9 N–H and O–H groups in total. The molecule has 2 aliphatic rings. The van der Waals surface area contributed by atoms with Crippen molar-refractivity contribution in [2.75, 3.05) is 87.3 Å². The van der Waals surface area contributed by atoms with Crippen molar-refractivity contribution in [2.24, 2.45) is 11.5 Å². The zero-order chi connectivity index (χ0) is 49.0. The van der Waals surface area contributed by atoms with Crippen LogP contribution in [0.3, 0.4) is 0 Å². The second-order valence-electron chi connectivity index (χ2n) is 16.3. The van der Waals surface area contributed by atoms with Crippen molar-refractivity contribution in [3.63, 3.8) is 0 Å². The van der Waals surface area contributed by atoms with Crippen molar-refractivity contribution < 1.29 is 43.7 Å². The van der Waals surface area contributed by atoms with Crippen LogP contribution < -0.4 is 32.2 Å². The fourth-order valence-electron chi connectivity index (χ4n) is 7.65. The molecule has 6 radical (unpaired) electrons. The van der Waals surface area contributed by atoms with Gasteiger partial charge < -0.3 is 26.1 Å². The number of aliphatic carboxylic acids is 2. The summed E-state index contributed by atoms with van der Waals surface area (Å²) in [5.74, 6) is -1.42. The maximum absolute atomic E-state index is 13.6. The van der Waals surface area contributed by atoms with Gasteiger partial charge >= 0.3 is 200 Å². The number of likely N-dealkylation sites (tertiary alicyclic amines) is 1. The van der Waals surface area contributed by atoms with E-state index in [0.29, 0.717) is 57.4 Å². The number of carbonyl (C=O) groups excluding carboxylic acids is 4. The topological polar surface area (TPSA) is 260 Å². The third kappa shape index (κ3) is 24.0. The average molecular weight is 1360 g/mol. The molecule has 4 rings (SSSR count). The number of carbonyl (C=O) groups is 6. The summed E-state index contributed by atoms with van der Waals surface area (Å²) >= 11 is 1.93. The number of rotatable bonds is 28. The standard InChI is InChI=1S/C43H65N10O8P.CH3NO.CH4.2Pb/c1-48(2)25-39(55)53-24-36(46-23-35(44)28-61-37-15-13-34(14-16-37)43(62)47-22-33-11-7-6-8-12-33)21-38(53)42(60)45-17-9-4-3-5-10-18-49-29-50(19-20-54)31-52(27-41(58)59)32-51(30-49)26-40(56)57;2-1-3;;;/h6-8,11-16,20,23,36,38,43,46-47H,1-5,9-10,17-19,21-22,24-32,44,62H2,(H,45,60)(H,56,57)(H,58,59);1H,(H2,2,3);1H4;;/b35-23-;;;;. The first-order valence-electron chi connectivity index (χ1n) is 22.3. The van der Waals surface area contributed by atoms with E-state index >= 15 is 0 Å². The summed E-state index contributed by atoms with van der Waals surface area (Å²) in [6, 6.07) is 17.4. The Hall–Kier alpha value is -3.37. The minimum Gasteiger partial charge on any atom is -0.372 e. The predicted molar refractivity (Wildman–Crippen MR) is 266 cm³/mol. The van der Waals surface area contributed by atoms with Crippen LogP contribution in [0.5, 0.6) is 5.75 Å². The SMILES string of the molecule is C.N/C(=C\NC1CC(C(=O)NCCCCCCCN2CN(CC=O)CN(CC(=O)O)CN(CC(=O)O)C2)N(C(=O)CN([CH2][Pb])[CH2][Pb])C1)COc1ccc(C(P)NCc2ccccc2)cc1.NC=O. The minimum atomic E-state index is -1.02. The maximum atomic E-state index is 13.6. The van der Waals surface area contributed by atoms with Crippen molar-refractivity contribution in [3.8, 4) is 5.75 Å². The summed E-state index contributed by atoms with van der Waals surface area (Å²) in [6.07, 6.45) is 7.64. The normalized spacial score (nSPS) is 17.7. The Balaban J connectivity index is 0.00000386. The summed E-state index contributed by atoms with van der Waals surface area (Å²) in [5, 5.41) is 28.7. The van der Waals surface area contributed by atoms with Gasteiger partial charge in [0.15, 0.2) is 0 Å². The van der Waals surface area contributed by atoms with E-state index in [1.807, 2.05) is 47.4 Å². The Morgan fingerprint density at radius 2 is 1.46 bits per heavy atom. The molecular formula is C45H72N11O9PPb2. The number of primary amides is 1. The summed E-state index contributed by atoms with van der Waals surface area (Å²) in [7, 11) is 2.83. The van der Waals surface area contributed by atoms with Crippen LogP contribution in [-0.2, 0) is 35.3 Å². The van der Waals surface area contributed by atoms with E-state index in [9.17, 15) is 34.2 Å². The van der Waals surface area contributed by atoms with Gasteiger partial charge in [0, 0.05) is 18.9 Å². The van der Waals surface area contributed by atoms with Gasteiger partial charge in [0.2, 0.25) is 6.41 Å². The molecule has 23 heteroatoms. The van der Waals surface area contributed by atoms with Crippen LogP contribution in [0.25, 0.3) is 0 Å². The average Bonchev–Trinajstić information content (AvgIpc) is 3.74. The quantitative estimate of drug-likeness (QED) is 0.0253. The molecule has 0 bridgehead atoms. The summed E-state index contributed by atoms with van der Waals surface area (Å²) in [4.78, 5) is 81.2. The zero-order valence-electron chi connectivity index (χ0n) is 38.2. The van der Waals surface area contributed by atoms with Gasteiger partial charge in [-0.05, 0) is 29.7 Å². The fraction of sp³-hybridized carbons (Fsp3) is 0.556. The summed E-state index contributed by atoms with van der Waals surface area (Å²) < 4.78 is 7.76. The van der Waals surface area contributed by atoms with Crippen LogP contribution in [0.15, 0.2) is 66.5 Å². The molecule has 2 aromatic carbocycles. The molecule has 2 heterocycles. The smallest absolute Gasteiger partial charge is 0.372 e. The summed E-state index contributed by atoms with van der Waals surface area (Å²) in [6.45, 7) is 3.63. The number of nitrogens with one attached hydrogen (secondary N) is 3. The Labute approximate surface area is 435 Å². The monoisotopic (exact) mass is 1360 g/mol. The Morgan fingerprint density at radius 1 is 0.868 bits per heavy atom. The molecule has 0 spiro atoms. The van der Waals surface area contributed by atoms with E-state index < -0.39 is 18.0 Å². The van der Waals surface area contributed by atoms with E-state index in [2.05, 4.69) is 52.9 Å². The number of hydrogen-bond acceptors (Lipinski definition) is 15. The number of unbranched alkanes of at least 4 members (excludes halogenated alkanes) is 4. The molecule has 2 aliphatic heterocycles. The molecule has 0 aromatic heterocycles. The van der Waals surface area contributed by atoms with Gasteiger partial charge in [-0.25, -0.2) is 0 Å². The van der Waals surface area contributed by atoms with E-state index in [1.54, 1.807) is 20.9 Å². The van der Waals surface area contributed by atoms with E-state index in [4.69, 9.17) is 15.3 Å². The van der Waals surface area contributed by atoms with Crippen LogP contribution in [0.2, 0.25) is 0 Å². The van der Waals surface area contributed by atoms with Gasteiger partial charge in [0.1, 0.15) is 12.0 Å². The van der Waals surface area contributed by atoms with Gasteiger partial charge in [-0.15, -0.1) is 9.24 Å². The second-order valence-corrected chi connectivity index (χ2v) is 19.5. The van der Waals surface area contributed by atoms with Crippen LogP contribution in [0.1, 0.15) is 62.9 Å². The number of nitrogens with zero attached hydrogens (tertiary/aromatic N) is 6. The number of nitrogens with two attached hydrogens (primary N) is 2. The predicted octanol–water partition coefficient (Wildman–Crippen LogP) is -0.134. The number of ether oxygens (including phenoxy) is 1. The Morgan fingerprint density at radius 3 is 2.07 bits per heavy atom. The zero-order valence-corrected chi connectivity index (χ0v) is 47.1. The van der Waals surface area contributed by atoms with Crippen LogP contribution >= 0.6 is 9.24 Å². The molecule has 2 saturated heterocycles.